The van der Waals surface area contributed by atoms with E-state index in [4.69, 9.17) is 4.74 Å². The molecule has 7 nitrogen and oxygen atoms in total. The van der Waals surface area contributed by atoms with Crippen LogP contribution in [0.3, 0.4) is 0 Å². The molecule has 0 aromatic heterocycles. The predicted molar refractivity (Wildman–Crippen MR) is 92.3 cm³/mol. The second kappa shape index (κ2) is 7.37. The molecule has 0 spiro atoms. The van der Waals surface area contributed by atoms with Crippen molar-refractivity contribution in [2.45, 2.75) is 60.1 Å². The first-order chi connectivity index (χ1) is 11.3. The number of amides is 3. The summed E-state index contributed by atoms with van der Waals surface area (Å²) in [6.07, 6.45) is 0. The summed E-state index contributed by atoms with van der Waals surface area (Å²) in [5, 5.41) is 0. The normalized spacial score (nSPS) is 16.6. The molecule has 140 valence electrons. The van der Waals surface area contributed by atoms with Gasteiger partial charge in [0.1, 0.15) is 18.2 Å². The van der Waals surface area contributed by atoms with E-state index in [9.17, 15) is 19.2 Å². The van der Waals surface area contributed by atoms with Gasteiger partial charge in [0.2, 0.25) is 5.91 Å². The lowest BCUT2D eigenvalue weighted by Gasteiger charge is -2.32. The first-order valence-corrected chi connectivity index (χ1v) is 8.30. The van der Waals surface area contributed by atoms with Crippen molar-refractivity contribution in [3.05, 3.63) is 11.1 Å². The van der Waals surface area contributed by atoms with E-state index in [-0.39, 0.29) is 5.92 Å². The average molecular weight is 352 g/mol. The van der Waals surface area contributed by atoms with Crippen LogP contribution in [0.1, 0.15) is 48.5 Å². The van der Waals surface area contributed by atoms with Crippen molar-refractivity contribution in [1.82, 2.24) is 9.80 Å². The zero-order chi connectivity index (χ0) is 19.7. The van der Waals surface area contributed by atoms with E-state index in [1.807, 2.05) is 0 Å². The van der Waals surface area contributed by atoms with Crippen molar-refractivity contribution in [1.29, 1.82) is 0 Å². The topological polar surface area (TPSA) is 84.0 Å². The summed E-state index contributed by atoms with van der Waals surface area (Å²) >= 11 is 0. The molecule has 0 aromatic rings. The molecule has 1 aliphatic rings. The fourth-order valence-electron chi connectivity index (χ4n) is 2.60. The maximum absolute atomic E-state index is 12.6. The second-order valence-electron chi connectivity index (χ2n) is 7.67. The number of carbonyl (C=O) groups is 4. The van der Waals surface area contributed by atoms with Gasteiger partial charge in [-0.1, -0.05) is 13.8 Å². The highest BCUT2D eigenvalue weighted by molar-refractivity contribution is 6.19. The van der Waals surface area contributed by atoms with Gasteiger partial charge in [0.15, 0.2) is 0 Å². The highest BCUT2D eigenvalue weighted by Gasteiger charge is 2.38. The van der Waals surface area contributed by atoms with Crippen LogP contribution in [-0.4, -0.2) is 58.7 Å². The summed E-state index contributed by atoms with van der Waals surface area (Å²) in [6, 6.07) is -0.797. The Balaban J connectivity index is 2.91. The molecule has 1 rings (SSSR count). The number of imide groups is 1. The Labute approximate surface area is 149 Å². The van der Waals surface area contributed by atoms with Gasteiger partial charge in [0.05, 0.1) is 0 Å². The van der Waals surface area contributed by atoms with Gasteiger partial charge < -0.3 is 9.64 Å². The molecule has 0 radical (unpaired) electrons. The third kappa shape index (κ3) is 4.67. The number of rotatable bonds is 5. The third-order valence-electron chi connectivity index (χ3n) is 4.08. The van der Waals surface area contributed by atoms with E-state index in [2.05, 4.69) is 0 Å². The first-order valence-electron chi connectivity index (χ1n) is 8.30. The summed E-state index contributed by atoms with van der Waals surface area (Å²) in [5.41, 5.74) is 0.00802. The van der Waals surface area contributed by atoms with Crippen LogP contribution in [0.5, 0.6) is 0 Å². The van der Waals surface area contributed by atoms with Crippen LogP contribution in [-0.2, 0) is 23.9 Å². The van der Waals surface area contributed by atoms with Gasteiger partial charge in [-0.25, -0.2) is 4.79 Å². The van der Waals surface area contributed by atoms with Gasteiger partial charge in [0.25, 0.3) is 11.8 Å². The Bertz CT molecular complexity index is 604. The summed E-state index contributed by atoms with van der Waals surface area (Å²) in [7, 11) is 1.48. The van der Waals surface area contributed by atoms with Gasteiger partial charge in [0, 0.05) is 18.2 Å². The van der Waals surface area contributed by atoms with E-state index in [0.29, 0.717) is 11.1 Å². The Morgan fingerprint density at radius 3 is 1.88 bits per heavy atom. The molecule has 7 heteroatoms. The van der Waals surface area contributed by atoms with Crippen molar-refractivity contribution in [2.24, 2.45) is 5.92 Å². The Morgan fingerprint density at radius 2 is 1.52 bits per heavy atom. The lowest BCUT2D eigenvalue weighted by atomic mass is 10.0. The lowest BCUT2D eigenvalue weighted by Crippen LogP contribution is -2.51. The number of likely N-dealkylation sites (N-methyl/N-ethyl adjacent to an activating group) is 1. The number of hydrogen-bond acceptors (Lipinski definition) is 5. The van der Waals surface area contributed by atoms with Crippen LogP contribution in [0.25, 0.3) is 0 Å². The Kier molecular flexibility index (Phi) is 6.15. The monoisotopic (exact) mass is 352 g/mol. The van der Waals surface area contributed by atoms with Gasteiger partial charge in [-0.2, -0.15) is 0 Å². The first kappa shape index (κ1) is 20.9. The molecule has 0 aliphatic carbocycles. The third-order valence-corrected chi connectivity index (χ3v) is 4.08. The molecule has 0 aromatic carbocycles. The minimum atomic E-state index is -0.797. The quantitative estimate of drug-likeness (QED) is 0.553. The molecule has 0 saturated carbocycles. The standard InChI is InChI=1S/C18H28N2O5/c1-10(2)14(17(24)25-18(5,6)7)19(8)13(21)9-20-15(22)11(3)12(4)16(20)23/h10,14H,9H2,1-8H3/t14-/m0/s1. The zero-order valence-electron chi connectivity index (χ0n) is 16.3. The predicted octanol–water partition coefficient (Wildman–Crippen LogP) is 1.52. The lowest BCUT2D eigenvalue weighted by molar-refractivity contribution is -0.166. The molecule has 3 amide bonds. The maximum Gasteiger partial charge on any atom is 0.329 e. The Hall–Kier alpha value is -2.18. The van der Waals surface area contributed by atoms with Crippen molar-refractivity contribution in [3.8, 4) is 0 Å². The van der Waals surface area contributed by atoms with E-state index >= 15 is 0 Å². The fraction of sp³-hybridized carbons (Fsp3) is 0.667. The average Bonchev–Trinajstić information content (AvgIpc) is 2.62. The highest BCUT2D eigenvalue weighted by atomic mass is 16.6. The summed E-state index contributed by atoms with van der Waals surface area (Å²) in [5.74, 6) is -2.13. The fourth-order valence-corrected chi connectivity index (χ4v) is 2.60. The van der Waals surface area contributed by atoms with Gasteiger partial charge in [-0.15, -0.1) is 0 Å². The second-order valence-corrected chi connectivity index (χ2v) is 7.67. The van der Waals surface area contributed by atoms with Gasteiger partial charge in [-0.3, -0.25) is 19.3 Å². The van der Waals surface area contributed by atoms with Crippen LogP contribution >= 0.6 is 0 Å². The van der Waals surface area contributed by atoms with Gasteiger partial charge >= 0.3 is 5.97 Å². The molecule has 0 N–H and O–H groups in total. The smallest absolute Gasteiger partial charge is 0.329 e. The number of carbonyl (C=O) groups excluding carboxylic acids is 4. The molecule has 1 aliphatic heterocycles. The molecule has 25 heavy (non-hydrogen) atoms. The van der Waals surface area contributed by atoms with E-state index < -0.39 is 41.9 Å². The molecule has 1 atom stereocenters. The summed E-state index contributed by atoms with van der Waals surface area (Å²) < 4.78 is 5.39. The number of ether oxygens (including phenoxy) is 1. The summed E-state index contributed by atoms with van der Waals surface area (Å²) in [6.45, 7) is 11.6. The molecule has 0 bridgehead atoms. The number of nitrogens with zero attached hydrogens (tertiary/aromatic N) is 2. The van der Waals surface area contributed by atoms with Crippen LogP contribution in [0, 0.1) is 5.92 Å². The number of esters is 1. The van der Waals surface area contributed by atoms with E-state index in [0.717, 1.165) is 4.90 Å². The van der Waals surface area contributed by atoms with E-state index in [1.54, 1.807) is 48.5 Å². The van der Waals surface area contributed by atoms with E-state index in [1.165, 1.54) is 11.9 Å². The molecule has 0 fully saturated rings. The Morgan fingerprint density at radius 1 is 1.08 bits per heavy atom. The highest BCUT2D eigenvalue weighted by Crippen LogP contribution is 2.21. The van der Waals surface area contributed by atoms with Crippen LogP contribution in [0.15, 0.2) is 11.1 Å². The maximum atomic E-state index is 12.6. The molecule has 0 unspecified atom stereocenters. The van der Waals surface area contributed by atoms with Crippen molar-refractivity contribution >= 4 is 23.7 Å². The minimum Gasteiger partial charge on any atom is -0.458 e. The molecule has 1 heterocycles. The summed E-state index contributed by atoms with van der Waals surface area (Å²) in [4.78, 5) is 51.4. The van der Waals surface area contributed by atoms with Crippen molar-refractivity contribution in [2.75, 3.05) is 13.6 Å². The van der Waals surface area contributed by atoms with Crippen molar-refractivity contribution in [3.63, 3.8) is 0 Å². The van der Waals surface area contributed by atoms with Crippen molar-refractivity contribution < 1.29 is 23.9 Å². The van der Waals surface area contributed by atoms with Crippen LogP contribution in [0.4, 0.5) is 0 Å². The van der Waals surface area contributed by atoms with Crippen LogP contribution in [0.2, 0.25) is 0 Å². The van der Waals surface area contributed by atoms with Gasteiger partial charge in [-0.05, 0) is 40.5 Å². The largest absolute Gasteiger partial charge is 0.458 e. The molecular formula is C18H28N2O5. The zero-order valence-corrected chi connectivity index (χ0v) is 16.3. The molecule has 0 saturated heterocycles. The SMILES string of the molecule is CC1=C(C)C(=O)N(CC(=O)N(C)[C@H](C(=O)OC(C)(C)C)C(C)C)C1=O. The number of hydrogen-bond donors (Lipinski definition) is 0. The minimum absolute atomic E-state index is 0.185. The molecular weight excluding hydrogens is 324 g/mol. The van der Waals surface area contributed by atoms with Crippen LogP contribution < -0.4 is 0 Å².